The van der Waals surface area contributed by atoms with Gasteiger partial charge in [0.2, 0.25) is 0 Å². The standard InChI is InChI=1S/C31H30ClNO7/c1-17(2)40-26(34)14-19-9-11-21(12-10-19)33-28(20-8-6-7-18(3)13-20)27(30(36)31(33)37)29(35)22-15-25(39-5)23(32)16-24(22)38-4/h6-13,15-17,28,35H,14H2,1-5H3/b29-27+. The van der Waals surface area contributed by atoms with Crippen molar-refractivity contribution in [3.63, 3.8) is 0 Å². The van der Waals surface area contributed by atoms with E-state index in [1.54, 1.807) is 44.2 Å². The minimum Gasteiger partial charge on any atom is -0.507 e. The molecule has 0 saturated carbocycles. The molecule has 1 amide bonds. The summed E-state index contributed by atoms with van der Waals surface area (Å²) in [6.07, 6.45) is -0.163. The number of hydrogen-bond donors (Lipinski definition) is 1. The molecule has 40 heavy (non-hydrogen) atoms. The van der Waals surface area contributed by atoms with E-state index in [0.29, 0.717) is 16.8 Å². The van der Waals surface area contributed by atoms with E-state index in [1.165, 1.54) is 31.3 Å². The van der Waals surface area contributed by atoms with Gasteiger partial charge in [0, 0.05) is 11.8 Å². The first kappa shape index (κ1) is 28.7. The number of aryl methyl sites for hydroxylation is 1. The highest BCUT2D eigenvalue weighted by Crippen LogP contribution is 2.45. The molecule has 3 aromatic carbocycles. The van der Waals surface area contributed by atoms with E-state index in [4.69, 9.17) is 25.8 Å². The van der Waals surface area contributed by atoms with Crippen LogP contribution >= 0.6 is 11.6 Å². The molecule has 1 aliphatic rings. The topological polar surface area (TPSA) is 102 Å². The number of carbonyl (C=O) groups excluding carboxylic acids is 3. The monoisotopic (exact) mass is 563 g/mol. The quantitative estimate of drug-likeness (QED) is 0.160. The zero-order chi connectivity index (χ0) is 29.1. The first-order valence-corrected chi connectivity index (χ1v) is 13.0. The number of amides is 1. The SMILES string of the molecule is COc1cc(/C(O)=C2\C(=O)C(=O)N(c3ccc(CC(=O)OC(C)C)cc3)C2c2cccc(C)c2)c(OC)cc1Cl. The first-order chi connectivity index (χ1) is 19.0. The summed E-state index contributed by atoms with van der Waals surface area (Å²) in [6, 6.07) is 16.1. The summed E-state index contributed by atoms with van der Waals surface area (Å²) in [5, 5.41) is 11.8. The first-order valence-electron chi connectivity index (χ1n) is 12.6. The second-order valence-electron chi connectivity index (χ2n) is 9.65. The van der Waals surface area contributed by atoms with E-state index < -0.39 is 23.5 Å². The van der Waals surface area contributed by atoms with Gasteiger partial charge < -0.3 is 19.3 Å². The smallest absolute Gasteiger partial charge is 0.310 e. The molecule has 3 aromatic rings. The Morgan fingerprint density at radius 3 is 2.27 bits per heavy atom. The molecule has 1 unspecified atom stereocenters. The van der Waals surface area contributed by atoms with Crippen molar-refractivity contribution in [2.75, 3.05) is 19.1 Å². The molecule has 9 heteroatoms. The van der Waals surface area contributed by atoms with Crippen LogP contribution in [0.15, 0.2) is 66.2 Å². The van der Waals surface area contributed by atoms with Crippen molar-refractivity contribution >= 4 is 40.7 Å². The van der Waals surface area contributed by atoms with Gasteiger partial charge in [0.1, 0.15) is 17.3 Å². The zero-order valence-electron chi connectivity index (χ0n) is 22.9. The molecule has 0 aromatic heterocycles. The van der Waals surface area contributed by atoms with E-state index in [-0.39, 0.29) is 46.2 Å². The molecule has 208 valence electrons. The number of esters is 1. The van der Waals surface area contributed by atoms with E-state index in [9.17, 15) is 19.5 Å². The number of Topliss-reactive ketones (excluding diaryl/α,β-unsaturated/α-hetero) is 1. The Hall–Kier alpha value is -4.30. The third kappa shape index (κ3) is 5.67. The Kier molecular flexibility index (Phi) is 8.49. The van der Waals surface area contributed by atoms with Crippen molar-refractivity contribution < 1.29 is 33.7 Å². The van der Waals surface area contributed by atoms with E-state index in [2.05, 4.69) is 0 Å². The molecule has 0 aliphatic carbocycles. The lowest BCUT2D eigenvalue weighted by atomic mass is 9.94. The average Bonchev–Trinajstić information content (AvgIpc) is 3.18. The summed E-state index contributed by atoms with van der Waals surface area (Å²) in [7, 11) is 2.83. The van der Waals surface area contributed by atoms with Gasteiger partial charge in [-0.1, -0.05) is 53.6 Å². The highest BCUT2D eigenvalue weighted by atomic mass is 35.5. The fourth-order valence-electron chi connectivity index (χ4n) is 4.69. The summed E-state index contributed by atoms with van der Waals surface area (Å²) in [4.78, 5) is 40.5. The highest BCUT2D eigenvalue weighted by Gasteiger charge is 2.47. The summed E-state index contributed by atoms with van der Waals surface area (Å²) >= 11 is 6.25. The number of ether oxygens (including phenoxy) is 3. The molecular weight excluding hydrogens is 534 g/mol. The van der Waals surface area contributed by atoms with Crippen LogP contribution in [0.5, 0.6) is 11.5 Å². The van der Waals surface area contributed by atoms with Gasteiger partial charge in [-0.3, -0.25) is 19.3 Å². The van der Waals surface area contributed by atoms with Crippen LogP contribution in [-0.2, 0) is 25.5 Å². The van der Waals surface area contributed by atoms with Crippen LogP contribution in [-0.4, -0.2) is 43.1 Å². The van der Waals surface area contributed by atoms with Crippen LogP contribution in [0, 0.1) is 6.92 Å². The maximum Gasteiger partial charge on any atom is 0.310 e. The Labute approximate surface area is 237 Å². The van der Waals surface area contributed by atoms with Gasteiger partial charge in [0.25, 0.3) is 11.7 Å². The van der Waals surface area contributed by atoms with E-state index in [0.717, 1.165) is 5.56 Å². The molecule has 1 aliphatic heterocycles. The fourth-order valence-corrected chi connectivity index (χ4v) is 4.92. The molecule has 8 nitrogen and oxygen atoms in total. The minimum absolute atomic E-state index is 0.0663. The molecule has 1 fully saturated rings. The average molecular weight is 564 g/mol. The molecule has 0 bridgehead atoms. The lowest BCUT2D eigenvalue weighted by molar-refractivity contribution is -0.146. The number of nitrogens with zero attached hydrogens (tertiary/aromatic N) is 1. The van der Waals surface area contributed by atoms with Gasteiger partial charge in [-0.05, 0) is 50.1 Å². The number of carbonyl (C=O) groups is 3. The van der Waals surface area contributed by atoms with Gasteiger partial charge in [-0.15, -0.1) is 0 Å². The zero-order valence-corrected chi connectivity index (χ0v) is 23.6. The predicted molar refractivity (Wildman–Crippen MR) is 152 cm³/mol. The van der Waals surface area contributed by atoms with Crippen molar-refractivity contribution in [1.82, 2.24) is 0 Å². The number of rotatable bonds is 8. The Morgan fingerprint density at radius 2 is 1.68 bits per heavy atom. The predicted octanol–water partition coefficient (Wildman–Crippen LogP) is 5.79. The molecule has 1 atom stereocenters. The van der Waals surface area contributed by atoms with Gasteiger partial charge >= 0.3 is 5.97 Å². The Morgan fingerprint density at radius 1 is 1.00 bits per heavy atom. The highest BCUT2D eigenvalue weighted by molar-refractivity contribution is 6.51. The largest absolute Gasteiger partial charge is 0.507 e. The summed E-state index contributed by atoms with van der Waals surface area (Å²) in [5.41, 5.74) is 2.70. The van der Waals surface area contributed by atoms with Crippen molar-refractivity contribution in [3.8, 4) is 11.5 Å². The molecule has 1 N–H and O–H groups in total. The maximum atomic E-state index is 13.5. The second-order valence-corrected chi connectivity index (χ2v) is 10.1. The molecule has 4 rings (SSSR count). The number of benzene rings is 3. The second kappa shape index (κ2) is 11.8. The summed E-state index contributed by atoms with van der Waals surface area (Å²) < 4.78 is 16.0. The van der Waals surface area contributed by atoms with Gasteiger partial charge in [-0.2, -0.15) is 0 Å². The molecular formula is C31H30ClNO7. The third-order valence-electron chi connectivity index (χ3n) is 6.46. The number of aliphatic hydroxyl groups excluding tert-OH is 1. The number of methoxy groups -OCH3 is 2. The lowest BCUT2D eigenvalue weighted by Gasteiger charge is -2.26. The van der Waals surface area contributed by atoms with Crippen LogP contribution in [0.2, 0.25) is 5.02 Å². The van der Waals surface area contributed by atoms with Crippen LogP contribution in [0.3, 0.4) is 0 Å². The third-order valence-corrected chi connectivity index (χ3v) is 6.76. The van der Waals surface area contributed by atoms with Crippen LogP contribution in [0.25, 0.3) is 5.76 Å². The van der Waals surface area contributed by atoms with Gasteiger partial charge in [-0.25, -0.2) is 0 Å². The van der Waals surface area contributed by atoms with Crippen molar-refractivity contribution in [3.05, 3.63) is 93.5 Å². The molecule has 0 spiro atoms. The van der Waals surface area contributed by atoms with E-state index >= 15 is 0 Å². The van der Waals surface area contributed by atoms with Crippen LogP contribution < -0.4 is 14.4 Å². The van der Waals surface area contributed by atoms with Gasteiger partial charge in [0.05, 0.1) is 48.9 Å². The Balaban J connectivity index is 1.86. The molecule has 1 saturated heterocycles. The van der Waals surface area contributed by atoms with Crippen LogP contribution in [0.1, 0.15) is 42.1 Å². The maximum absolute atomic E-state index is 13.5. The van der Waals surface area contributed by atoms with Crippen LogP contribution in [0.4, 0.5) is 5.69 Å². The molecule has 1 heterocycles. The Bertz CT molecular complexity index is 1490. The number of halogens is 1. The van der Waals surface area contributed by atoms with Gasteiger partial charge in [0.15, 0.2) is 0 Å². The normalized spacial score (nSPS) is 16.4. The molecule has 0 radical (unpaired) electrons. The van der Waals surface area contributed by atoms with Crippen molar-refractivity contribution in [2.24, 2.45) is 0 Å². The summed E-state index contributed by atoms with van der Waals surface area (Å²) in [6.45, 7) is 5.45. The number of anilines is 1. The lowest BCUT2D eigenvalue weighted by Crippen LogP contribution is -2.29. The summed E-state index contributed by atoms with van der Waals surface area (Å²) in [5.74, 6) is -1.99. The number of aliphatic hydroxyl groups is 1. The van der Waals surface area contributed by atoms with Crippen molar-refractivity contribution in [2.45, 2.75) is 39.3 Å². The number of hydrogen-bond acceptors (Lipinski definition) is 7. The number of ketones is 1. The van der Waals surface area contributed by atoms with E-state index in [1.807, 2.05) is 25.1 Å². The fraction of sp³-hybridized carbons (Fsp3) is 0.258. The van der Waals surface area contributed by atoms with Crippen molar-refractivity contribution in [1.29, 1.82) is 0 Å². The minimum atomic E-state index is -0.942.